The Morgan fingerprint density at radius 1 is 1.13 bits per heavy atom. The number of fused-ring (bicyclic) bond motifs is 1. The van der Waals surface area contributed by atoms with Gasteiger partial charge in [-0.3, -0.25) is 9.36 Å². The second kappa shape index (κ2) is 9.07. The van der Waals surface area contributed by atoms with Crippen LogP contribution in [-0.2, 0) is 6.54 Å². The van der Waals surface area contributed by atoms with Gasteiger partial charge in [0, 0.05) is 25.7 Å². The molecule has 0 unspecified atom stereocenters. The van der Waals surface area contributed by atoms with E-state index >= 15 is 0 Å². The molecular weight excluding hydrogens is 396 g/mol. The zero-order valence-corrected chi connectivity index (χ0v) is 17.7. The zero-order valence-electron chi connectivity index (χ0n) is 17.7. The lowest BCUT2D eigenvalue weighted by Crippen LogP contribution is -2.42. The van der Waals surface area contributed by atoms with Gasteiger partial charge in [0.05, 0.1) is 37.1 Å². The molecule has 3 aromatic rings. The summed E-state index contributed by atoms with van der Waals surface area (Å²) in [6.45, 7) is 1.87. The summed E-state index contributed by atoms with van der Waals surface area (Å²) in [7, 11) is 3.14. The molecule has 0 spiro atoms. The lowest BCUT2D eigenvalue weighted by atomic mass is 9.97. The fourth-order valence-electron chi connectivity index (χ4n) is 3.93. The van der Waals surface area contributed by atoms with Crippen molar-refractivity contribution in [1.82, 2.24) is 14.5 Å². The van der Waals surface area contributed by atoms with E-state index in [1.54, 1.807) is 48.2 Å². The SMILES string of the molecule is COc1ccc(NC(=O)N2CCC(Cn3cnc4ccccc4c3=O)CC2)c(OC)c1. The molecule has 1 fully saturated rings. The van der Waals surface area contributed by atoms with Gasteiger partial charge in [-0.1, -0.05) is 12.1 Å². The first kappa shape index (κ1) is 20.7. The number of para-hydroxylation sites is 1. The van der Waals surface area contributed by atoms with Crippen molar-refractivity contribution in [1.29, 1.82) is 0 Å². The van der Waals surface area contributed by atoms with Gasteiger partial charge in [0.1, 0.15) is 11.5 Å². The first-order chi connectivity index (χ1) is 15.1. The van der Waals surface area contributed by atoms with Gasteiger partial charge in [0.25, 0.3) is 5.56 Å². The monoisotopic (exact) mass is 422 g/mol. The van der Waals surface area contributed by atoms with Gasteiger partial charge in [-0.15, -0.1) is 0 Å². The quantitative estimate of drug-likeness (QED) is 0.682. The first-order valence-electron chi connectivity index (χ1n) is 10.3. The van der Waals surface area contributed by atoms with E-state index in [4.69, 9.17) is 9.47 Å². The number of amides is 2. The molecule has 1 saturated heterocycles. The van der Waals surface area contributed by atoms with E-state index in [9.17, 15) is 9.59 Å². The summed E-state index contributed by atoms with van der Waals surface area (Å²) in [6, 6.07) is 12.5. The topological polar surface area (TPSA) is 85.7 Å². The second-order valence-corrected chi connectivity index (χ2v) is 7.65. The van der Waals surface area contributed by atoms with E-state index in [1.807, 2.05) is 24.3 Å². The minimum Gasteiger partial charge on any atom is -0.497 e. The van der Waals surface area contributed by atoms with Crippen molar-refractivity contribution in [3.05, 3.63) is 59.1 Å². The standard InChI is InChI=1S/C23H26N4O4/c1-30-17-7-8-20(21(13-17)31-2)25-23(29)26-11-9-16(10-12-26)14-27-15-24-19-6-4-3-5-18(19)22(27)28/h3-8,13,15-16H,9-12,14H2,1-2H3,(H,25,29). The maximum atomic E-state index is 12.7. The highest BCUT2D eigenvalue weighted by atomic mass is 16.5. The maximum Gasteiger partial charge on any atom is 0.321 e. The third-order valence-corrected chi connectivity index (χ3v) is 5.74. The van der Waals surface area contributed by atoms with Crippen molar-refractivity contribution in [3.63, 3.8) is 0 Å². The number of carbonyl (C=O) groups is 1. The van der Waals surface area contributed by atoms with Crippen LogP contribution in [0.2, 0.25) is 0 Å². The number of methoxy groups -OCH3 is 2. The summed E-state index contributed by atoms with van der Waals surface area (Å²) in [5.74, 6) is 1.53. The number of nitrogens with zero attached hydrogens (tertiary/aromatic N) is 3. The first-order valence-corrected chi connectivity index (χ1v) is 10.3. The Balaban J connectivity index is 1.36. The van der Waals surface area contributed by atoms with Crippen LogP contribution in [0.4, 0.5) is 10.5 Å². The van der Waals surface area contributed by atoms with E-state index in [1.165, 1.54) is 0 Å². The molecule has 2 aromatic carbocycles. The van der Waals surface area contributed by atoms with Crippen LogP contribution in [0.5, 0.6) is 11.5 Å². The van der Waals surface area contributed by atoms with Crippen LogP contribution in [0.25, 0.3) is 10.9 Å². The molecule has 0 radical (unpaired) electrons. The average Bonchev–Trinajstić information content (AvgIpc) is 2.81. The second-order valence-electron chi connectivity index (χ2n) is 7.65. The number of ether oxygens (including phenoxy) is 2. The van der Waals surface area contributed by atoms with E-state index < -0.39 is 0 Å². The lowest BCUT2D eigenvalue weighted by Gasteiger charge is -2.32. The molecule has 0 aliphatic carbocycles. The lowest BCUT2D eigenvalue weighted by molar-refractivity contribution is 0.176. The smallest absolute Gasteiger partial charge is 0.321 e. The highest BCUT2D eigenvalue weighted by Crippen LogP contribution is 2.29. The van der Waals surface area contributed by atoms with Crippen molar-refractivity contribution in [2.24, 2.45) is 5.92 Å². The summed E-state index contributed by atoms with van der Waals surface area (Å²) in [6.07, 6.45) is 3.28. The zero-order chi connectivity index (χ0) is 21.8. The van der Waals surface area contributed by atoms with E-state index in [2.05, 4.69) is 10.3 Å². The predicted octanol–water partition coefficient (Wildman–Crippen LogP) is 3.36. The molecule has 0 atom stereocenters. The summed E-state index contributed by atoms with van der Waals surface area (Å²) >= 11 is 0. The highest BCUT2D eigenvalue weighted by Gasteiger charge is 2.24. The molecule has 4 rings (SSSR count). The third-order valence-electron chi connectivity index (χ3n) is 5.74. The van der Waals surface area contributed by atoms with E-state index in [0.717, 1.165) is 12.8 Å². The van der Waals surface area contributed by atoms with Crippen molar-refractivity contribution in [2.45, 2.75) is 19.4 Å². The Morgan fingerprint density at radius 2 is 1.90 bits per heavy atom. The number of urea groups is 1. The van der Waals surface area contributed by atoms with Crippen LogP contribution in [0.1, 0.15) is 12.8 Å². The van der Waals surface area contributed by atoms with Gasteiger partial charge >= 0.3 is 6.03 Å². The number of hydrogen-bond donors (Lipinski definition) is 1. The molecule has 162 valence electrons. The van der Waals surface area contributed by atoms with Gasteiger partial charge in [-0.05, 0) is 43.0 Å². The molecule has 1 N–H and O–H groups in total. The molecular formula is C23H26N4O4. The van der Waals surface area contributed by atoms with Crippen LogP contribution < -0.4 is 20.3 Å². The van der Waals surface area contributed by atoms with Crippen molar-refractivity contribution >= 4 is 22.6 Å². The number of piperidine rings is 1. The molecule has 0 bridgehead atoms. The van der Waals surface area contributed by atoms with Gasteiger partial charge < -0.3 is 19.7 Å². The maximum absolute atomic E-state index is 12.7. The number of rotatable bonds is 5. The average molecular weight is 422 g/mol. The largest absolute Gasteiger partial charge is 0.497 e. The molecule has 1 aliphatic rings. The molecule has 1 aliphatic heterocycles. The number of carbonyl (C=O) groups excluding carboxylic acids is 1. The minimum atomic E-state index is -0.161. The number of hydrogen-bond acceptors (Lipinski definition) is 5. The van der Waals surface area contributed by atoms with Crippen molar-refractivity contribution in [3.8, 4) is 11.5 Å². The summed E-state index contributed by atoms with van der Waals surface area (Å²) in [5, 5.41) is 3.55. The minimum absolute atomic E-state index is 0.0163. The Morgan fingerprint density at radius 3 is 2.65 bits per heavy atom. The Kier molecular flexibility index (Phi) is 6.06. The Labute approximate surface area is 180 Å². The predicted molar refractivity (Wildman–Crippen MR) is 119 cm³/mol. The summed E-state index contributed by atoms with van der Waals surface area (Å²) in [5.41, 5.74) is 1.30. The number of nitrogens with one attached hydrogen (secondary N) is 1. The van der Waals surface area contributed by atoms with Gasteiger partial charge in [-0.25, -0.2) is 9.78 Å². The van der Waals surface area contributed by atoms with Crippen molar-refractivity contribution in [2.75, 3.05) is 32.6 Å². The summed E-state index contributed by atoms with van der Waals surface area (Å²) in [4.78, 5) is 31.6. The molecule has 8 nitrogen and oxygen atoms in total. The van der Waals surface area contributed by atoms with Crippen LogP contribution in [0.15, 0.2) is 53.6 Å². The third kappa shape index (κ3) is 4.47. The van der Waals surface area contributed by atoms with E-state index in [0.29, 0.717) is 53.6 Å². The summed E-state index contributed by atoms with van der Waals surface area (Å²) < 4.78 is 12.2. The number of anilines is 1. The van der Waals surface area contributed by atoms with Crippen LogP contribution in [0.3, 0.4) is 0 Å². The molecule has 8 heteroatoms. The fourth-order valence-corrected chi connectivity index (χ4v) is 3.93. The molecule has 31 heavy (non-hydrogen) atoms. The number of benzene rings is 2. The van der Waals surface area contributed by atoms with Crippen LogP contribution in [-0.4, -0.2) is 47.8 Å². The highest BCUT2D eigenvalue weighted by molar-refractivity contribution is 5.91. The molecule has 0 saturated carbocycles. The Bertz CT molecular complexity index is 1140. The van der Waals surface area contributed by atoms with Crippen molar-refractivity contribution < 1.29 is 14.3 Å². The van der Waals surface area contributed by atoms with Gasteiger partial charge in [0.2, 0.25) is 0 Å². The molecule has 2 amide bonds. The van der Waals surface area contributed by atoms with Crippen LogP contribution >= 0.6 is 0 Å². The molecule has 1 aromatic heterocycles. The van der Waals surface area contributed by atoms with E-state index in [-0.39, 0.29) is 11.6 Å². The van der Waals surface area contributed by atoms with Gasteiger partial charge in [-0.2, -0.15) is 0 Å². The Hall–Kier alpha value is -3.55. The van der Waals surface area contributed by atoms with Gasteiger partial charge in [0.15, 0.2) is 0 Å². The number of likely N-dealkylation sites (tertiary alicyclic amines) is 1. The van der Waals surface area contributed by atoms with Crippen LogP contribution in [0, 0.1) is 5.92 Å². The normalized spacial score (nSPS) is 14.5. The molecule has 2 heterocycles. The number of aromatic nitrogens is 2. The fraction of sp³-hybridized carbons (Fsp3) is 0.348.